The Morgan fingerprint density at radius 3 is 2.14 bits per heavy atom. The van der Waals surface area contributed by atoms with E-state index in [1.165, 1.54) is 0 Å². The molecule has 2 N–H and O–H groups in total. The quantitative estimate of drug-likeness (QED) is 0.726. The number of amides is 1. The lowest BCUT2D eigenvalue weighted by Gasteiger charge is -2.07. The van der Waals surface area contributed by atoms with Crippen LogP contribution in [-0.4, -0.2) is 23.5 Å². The van der Waals surface area contributed by atoms with Crippen LogP contribution < -0.4 is 5.32 Å². The first-order valence-electron chi connectivity index (χ1n) is 6.56. The molecule has 0 saturated heterocycles. The lowest BCUT2D eigenvalue weighted by molar-refractivity contribution is -0.137. The van der Waals surface area contributed by atoms with Gasteiger partial charge in [-0.25, -0.2) is 13.2 Å². The molecule has 0 fully saturated rings. The first-order chi connectivity index (χ1) is 9.91. The number of carboxylic acids is 1. The molecular weight excluding hydrogens is 287 g/mol. The molecular formula is C14H16F3NO3. The number of unbranched alkanes of at least 4 members (excludes halogenated alkanes) is 3. The topological polar surface area (TPSA) is 66.4 Å². The van der Waals surface area contributed by atoms with E-state index in [0.29, 0.717) is 37.8 Å². The number of halogens is 3. The third-order valence-electron chi connectivity index (χ3n) is 2.84. The predicted octanol–water partition coefficient (Wildman–Crippen LogP) is 2.87. The number of carbonyl (C=O) groups excluding carboxylic acids is 1. The number of nitrogens with one attached hydrogen (secondary N) is 1. The van der Waals surface area contributed by atoms with Gasteiger partial charge in [-0.1, -0.05) is 12.8 Å². The molecule has 0 saturated carbocycles. The highest BCUT2D eigenvalue weighted by Gasteiger charge is 2.18. The van der Waals surface area contributed by atoms with Gasteiger partial charge in [-0.3, -0.25) is 9.59 Å². The largest absolute Gasteiger partial charge is 0.481 e. The third-order valence-corrected chi connectivity index (χ3v) is 2.84. The summed E-state index contributed by atoms with van der Waals surface area (Å²) in [7, 11) is 0. The molecule has 1 rings (SSSR count). The van der Waals surface area contributed by atoms with Gasteiger partial charge in [0.25, 0.3) is 5.91 Å². The summed E-state index contributed by atoms with van der Waals surface area (Å²) in [5, 5.41) is 10.8. The van der Waals surface area contributed by atoms with Gasteiger partial charge < -0.3 is 10.4 Å². The standard InChI is InChI=1S/C14H16F3NO3/c15-9-7-10(16)13(11(17)8-9)14(21)18-6-4-2-1-3-5-12(19)20/h7-8H,1-6H2,(H,18,21)(H,19,20). The Morgan fingerprint density at radius 2 is 1.57 bits per heavy atom. The van der Waals surface area contributed by atoms with Crippen LogP contribution in [0, 0.1) is 17.5 Å². The van der Waals surface area contributed by atoms with E-state index in [-0.39, 0.29) is 13.0 Å². The van der Waals surface area contributed by atoms with Gasteiger partial charge in [0.1, 0.15) is 23.0 Å². The fourth-order valence-electron chi connectivity index (χ4n) is 1.80. The summed E-state index contributed by atoms with van der Waals surface area (Å²) in [6, 6.07) is 0.897. The van der Waals surface area contributed by atoms with Gasteiger partial charge >= 0.3 is 5.97 Å². The van der Waals surface area contributed by atoms with Crippen LogP contribution in [0.2, 0.25) is 0 Å². The van der Waals surface area contributed by atoms with Gasteiger partial charge in [0, 0.05) is 25.1 Å². The molecule has 21 heavy (non-hydrogen) atoms. The van der Waals surface area contributed by atoms with E-state index in [0.717, 1.165) is 0 Å². The monoisotopic (exact) mass is 303 g/mol. The molecule has 116 valence electrons. The van der Waals surface area contributed by atoms with Crippen LogP contribution >= 0.6 is 0 Å². The van der Waals surface area contributed by atoms with E-state index in [1.54, 1.807) is 0 Å². The minimum Gasteiger partial charge on any atom is -0.481 e. The van der Waals surface area contributed by atoms with Crippen LogP contribution in [0.15, 0.2) is 12.1 Å². The summed E-state index contributed by atoms with van der Waals surface area (Å²) in [4.78, 5) is 21.9. The first kappa shape index (κ1) is 17.0. The molecule has 4 nitrogen and oxygen atoms in total. The van der Waals surface area contributed by atoms with Crippen molar-refractivity contribution in [1.29, 1.82) is 0 Å². The molecule has 0 aliphatic heterocycles. The smallest absolute Gasteiger partial charge is 0.303 e. The summed E-state index contributed by atoms with van der Waals surface area (Å²) >= 11 is 0. The van der Waals surface area contributed by atoms with Crippen molar-refractivity contribution in [3.8, 4) is 0 Å². The van der Waals surface area contributed by atoms with Crippen molar-refractivity contribution in [3.63, 3.8) is 0 Å². The van der Waals surface area contributed by atoms with Crippen LogP contribution in [0.1, 0.15) is 42.5 Å². The number of aliphatic carboxylic acids is 1. The van der Waals surface area contributed by atoms with Crippen LogP contribution in [0.3, 0.4) is 0 Å². The second-order valence-corrected chi connectivity index (χ2v) is 4.56. The van der Waals surface area contributed by atoms with Crippen molar-refractivity contribution in [3.05, 3.63) is 35.1 Å². The molecule has 0 unspecified atom stereocenters. The molecule has 1 aromatic carbocycles. The zero-order valence-electron chi connectivity index (χ0n) is 11.3. The van der Waals surface area contributed by atoms with Crippen LogP contribution in [-0.2, 0) is 4.79 Å². The van der Waals surface area contributed by atoms with Crippen molar-refractivity contribution >= 4 is 11.9 Å². The van der Waals surface area contributed by atoms with Crippen molar-refractivity contribution in [2.45, 2.75) is 32.1 Å². The molecule has 0 radical (unpaired) electrons. The molecule has 0 bridgehead atoms. The number of hydrogen-bond acceptors (Lipinski definition) is 2. The van der Waals surface area contributed by atoms with E-state index in [2.05, 4.69) is 5.32 Å². The van der Waals surface area contributed by atoms with Crippen LogP contribution in [0.5, 0.6) is 0 Å². The number of carbonyl (C=O) groups is 2. The minimum atomic E-state index is -1.24. The maximum atomic E-state index is 13.3. The molecule has 0 aliphatic carbocycles. The van der Waals surface area contributed by atoms with Crippen LogP contribution in [0.25, 0.3) is 0 Å². The van der Waals surface area contributed by atoms with E-state index < -0.39 is 34.9 Å². The second kappa shape index (κ2) is 8.28. The summed E-state index contributed by atoms with van der Waals surface area (Å²) < 4.78 is 39.3. The maximum absolute atomic E-state index is 13.3. The number of carboxylic acid groups (broad SMARTS) is 1. The Labute approximate surface area is 120 Å². The fourth-order valence-corrected chi connectivity index (χ4v) is 1.80. The molecule has 0 aliphatic rings. The maximum Gasteiger partial charge on any atom is 0.303 e. The number of hydrogen-bond donors (Lipinski definition) is 2. The first-order valence-corrected chi connectivity index (χ1v) is 6.56. The highest BCUT2D eigenvalue weighted by Crippen LogP contribution is 2.14. The summed E-state index contributed by atoms with van der Waals surface area (Å²) in [6.07, 6.45) is 2.60. The van der Waals surface area contributed by atoms with Gasteiger partial charge in [-0.15, -0.1) is 0 Å². The number of rotatable bonds is 8. The molecule has 7 heteroatoms. The number of benzene rings is 1. The minimum absolute atomic E-state index is 0.0956. The highest BCUT2D eigenvalue weighted by atomic mass is 19.1. The highest BCUT2D eigenvalue weighted by molar-refractivity contribution is 5.94. The van der Waals surface area contributed by atoms with Crippen molar-refractivity contribution in [1.82, 2.24) is 5.32 Å². The molecule has 0 heterocycles. The SMILES string of the molecule is O=C(O)CCCCCCNC(=O)c1c(F)cc(F)cc1F. The van der Waals surface area contributed by atoms with E-state index >= 15 is 0 Å². The Hall–Kier alpha value is -2.05. The van der Waals surface area contributed by atoms with Gasteiger partial charge in [-0.2, -0.15) is 0 Å². The van der Waals surface area contributed by atoms with Crippen molar-refractivity contribution in [2.75, 3.05) is 6.54 Å². The third kappa shape index (κ3) is 5.85. The lowest BCUT2D eigenvalue weighted by Crippen LogP contribution is -2.26. The zero-order valence-corrected chi connectivity index (χ0v) is 11.3. The van der Waals surface area contributed by atoms with Gasteiger partial charge in [0.05, 0.1) is 0 Å². The Morgan fingerprint density at radius 1 is 1.00 bits per heavy atom. The molecule has 1 aromatic rings. The lowest BCUT2D eigenvalue weighted by atomic mass is 10.1. The van der Waals surface area contributed by atoms with E-state index in [9.17, 15) is 22.8 Å². The molecule has 1 amide bonds. The summed E-state index contributed by atoms with van der Waals surface area (Å²) in [6.45, 7) is 0.210. The van der Waals surface area contributed by atoms with Crippen molar-refractivity contribution < 1.29 is 27.9 Å². The Balaban J connectivity index is 2.33. The average Bonchev–Trinajstić information content (AvgIpc) is 2.35. The van der Waals surface area contributed by atoms with Crippen molar-refractivity contribution in [2.24, 2.45) is 0 Å². The molecule has 0 aromatic heterocycles. The van der Waals surface area contributed by atoms with Gasteiger partial charge in [0.2, 0.25) is 0 Å². The van der Waals surface area contributed by atoms with Crippen LogP contribution in [0.4, 0.5) is 13.2 Å². The summed E-state index contributed by atoms with van der Waals surface area (Å²) in [5.74, 6) is -5.36. The average molecular weight is 303 g/mol. The normalized spacial score (nSPS) is 10.4. The Bertz CT molecular complexity index is 497. The molecule has 0 spiro atoms. The summed E-state index contributed by atoms with van der Waals surface area (Å²) in [5.41, 5.74) is -0.803. The fraction of sp³-hybridized carbons (Fsp3) is 0.429. The van der Waals surface area contributed by atoms with E-state index in [4.69, 9.17) is 5.11 Å². The van der Waals surface area contributed by atoms with E-state index in [1.807, 2.05) is 0 Å². The Kier molecular flexibility index (Phi) is 6.71. The van der Waals surface area contributed by atoms with Gasteiger partial charge in [0.15, 0.2) is 0 Å². The predicted molar refractivity (Wildman–Crippen MR) is 69.4 cm³/mol. The molecule has 0 atom stereocenters. The second-order valence-electron chi connectivity index (χ2n) is 4.56. The van der Waals surface area contributed by atoms with Gasteiger partial charge in [-0.05, 0) is 12.8 Å². The zero-order chi connectivity index (χ0) is 15.8.